The minimum atomic E-state index is -0.0355. The number of likely N-dealkylation sites (N-methyl/N-ethyl adjacent to an activating group) is 1. The van der Waals surface area contributed by atoms with Crippen molar-refractivity contribution in [1.29, 1.82) is 0 Å². The van der Waals surface area contributed by atoms with Gasteiger partial charge in [0.25, 0.3) is 5.91 Å². The van der Waals surface area contributed by atoms with Gasteiger partial charge in [-0.1, -0.05) is 24.3 Å². The number of para-hydroxylation sites is 1. The molecule has 0 radical (unpaired) electrons. The second-order valence-electron chi connectivity index (χ2n) is 5.64. The molecule has 0 saturated carbocycles. The fourth-order valence-electron chi connectivity index (χ4n) is 2.62. The monoisotopic (exact) mass is 323 g/mol. The van der Waals surface area contributed by atoms with Gasteiger partial charge in [-0.2, -0.15) is 0 Å². The van der Waals surface area contributed by atoms with Crippen molar-refractivity contribution in [2.24, 2.45) is 0 Å². The number of nitrogens with zero attached hydrogens (tertiary/aromatic N) is 3. The Hall–Kier alpha value is -2.82. The summed E-state index contributed by atoms with van der Waals surface area (Å²) in [5.74, 6) is 0.711. The Bertz CT molecular complexity index is 841. The van der Waals surface area contributed by atoms with Gasteiger partial charge in [-0.15, -0.1) is 0 Å². The predicted molar refractivity (Wildman–Crippen MR) is 93.0 cm³/mol. The first-order chi connectivity index (χ1) is 11.7. The third-order valence-corrected chi connectivity index (χ3v) is 4.03. The maximum absolute atomic E-state index is 12.5. The van der Waals surface area contributed by atoms with Gasteiger partial charge in [0.2, 0.25) is 0 Å². The molecular weight excluding hydrogens is 302 g/mol. The van der Waals surface area contributed by atoms with Gasteiger partial charge < -0.3 is 14.0 Å². The van der Waals surface area contributed by atoms with Crippen LogP contribution in [0.2, 0.25) is 0 Å². The van der Waals surface area contributed by atoms with Crippen molar-refractivity contribution in [2.45, 2.75) is 20.4 Å². The molecule has 0 aliphatic heterocycles. The van der Waals surface area contributed by atoms with Crippen molar-refractivity contribution in [1.82, 2.24) is 14.3 Å². The van der Waals surface area contributed by atoms with Gasteiger partial charge in [0, 0.05) is 12.7 Å². The van der Waals surface area contributed by atoms with Crippen LogP contribution in [0.4, 0.5) is 0 Å². The highest BCUT2D eigenvalue weighted by Crippen LogP contribution is 2.16. The van der Waals surface area contributed by atoms with Crippen LogP contribution in [0.3, 0.4) is 0 Å². The summed E-state index contributed by atoms with van der Waals surface area (Å²) in [6.45, 7) is 5.10. The van der Waals surface area contributed by atoms with E-state index in [4.69, 9.17) is 4.74 Å². The van der Waals surface area contributed by atoms with E-state index in [1.807, 2.05) is 73.1 Å². The Morgan fingerprint density at radius 2 is 2.00 bits per heavy atom. The van der Waals surface area contributed by atoms with Crippen LogP contribution < -0.4 is 4.74 Å². The van der Waals surface area contributed by atoms with Crippen molar-refractivity contribution in [3.8, 4) is 5.75 Å². The minimum Gasteiger partial charge on any atom is -0.484 e. The number of imidazole rings is 1. The molecule has 0 bridgehead atoms. The van der Waals surface area contributed by atoms with Crippen LogP contribution in [-0.2, 0) is 11.3 Å². The molecule has 1 amide bonds. The Morgan fingerprint density at radius 1 is 1.21 bits per heavy atom. The van der Waals surface area contributed by atoms with E-state index in [1.165, 1.54) is 0 Å². The fourth-order valence-corrected chi connectivity index (χ4v) is 2.62. The third-order valence-electron chi connectivity index (χ3n) is 4.03. The molecule has 0 atom stereocenters. The average molecular weight is 323 g/mol. The zero-order chi connectivity index (χ0) is 16.9. The Labute approximate surface area is 141 Å². The smallest absolute Gasteiger partial charge is 0.260 e. The average Bonchev–Trinajstić information content (AvgIpc) is 3.01. The van der Waals surface area contributed by atoms with Crippen LogP contribution in [0.15, 0.2) is 54.9 Å². The van der Waals surface area contributed by atoms with Crippen LogP contribution in [-0.4, -0.2) is 33.3 Å². The quantitative estimate of drug-likeness (QED) is 0.700. The van der Waals surface area contributed by atoms with Gasteiger partial charge in [-0.3, -0.25) is 4.79 Å². The molecule has 3 rings (SSSR count). The van der Waals surface area contributed by atoms with Crippen molar-refractivity contribution < 1.29 is 9.53 Å². The Balaban J connectivity index is 1.67. The molecule has 24 heavy (non-hydrogen) atoms. The number of pyridine rings is 1. The van der Waals surface area contributed by atoms with Gasteiger partial charge in [0.05, 0.1) is 18.4 Å². The standard InChI is InChI=1S/C19H21N3O2/c1-3-21(13-16-12-20-18-10-6-7-11-22(16)18)19(23)14-24-17-9-5-4-8-15(17)2/h4-12H,3,13-14H2,1-2H3. The van der Waals surface area contributed by atoms with Crippen LogP contribution in [0.5, 0.6) is 5.75 Å². The summed E-state index contributed by atoms with van der Waals surface area (Å²) in [5.41, 5.74) is 2.89. The highest BCUT2D eigenvalue weighted by Gasteiger charge is 2.15. The van der Waals surface area contributed by atoms with E-state index in [-0.39, 0.29) is 12.5 Å². The fraction of sp³-hybridized carbons (Fsp3) is 0.263. The first kappa shape index (κ1) is 16.1. The summed E-state index contributed by atoms with van der Waals surface area (Å²) in [5, 5.41) is 0. The third kappa shape index (κ3) is 3.40. The lowest BCUT2D eigenvalue weighted by atomic mass is 10.2. The summed E-state index contributed by atoms with van der Waals surface area (Å²) in [7, 11) is 0. The molecule has 0 spiro atoms. The number of rotatable bonds is 6. The molecule has 1 aromatic carbocycles. The number of carbonyl (C=O) groups excluding carboxylic acids is 1. The topological polar surface area (TPSA) is 46.8 Å². The van der Waals surface area contributed by atoms with Crippen LogP contribution in [0.1, 0.15) is 18.2 Å². The number of ether oxygens (including phenoxy) is 1. The Morgan fingerprint density at radius 3 is 2.79 bits per heavy atom. The van der Waals surface area contributed by atoms with E-state index in [9.17, 15) is 4.79 Å². The molecule has 2 heterocycles. The SMILES string of the molecule is CCN(Cc1cnc2ccccn12)C(=O)COc1ccccc1C. The van der Waals surface area contributed by atoms with Crippen LogP contribution in [0.25, 0.3) is 5.65 Å². The number of aromatic nitrogens is 2. The first-order valence-corrected chi connectivity index (χ1v) is 8.06. The maximum atomic E-state index is 12.5. The summed E-state index contributed by atoms with van der Waals surface area (Å²) in [6, 6.07) is 13.6. The van der Waals surface area contributed by atoms with Gasteiger partial charge in [0.1, 0.15) is 11.4 Å². The van der Waals surface area contributed by atoms with Gasteiger partial charge >= 0.3 is 0 Å². The molecule has 0 aliphatic carbocycles. The minimum absolute atomic E-state index is 0.0355. The summed E-state index contributed by atoms with van der Waals surface area (Å²) in [6.07, 6.45) is 3.77. The lowest BCUT2D eigenvalue weighted by molar-refractivity contribution is -0.133. The summed E-state index contributed by atoms with van der Waals surface area (Å²) < 4.78 is 7.67. The zero-order valence-electron chi connectivity index (χ0n) is 14.0. The number of benzene rings is 1. The molecule has 0 unspecified atom stereocenters. The predicted octanol–water partition coefficient (Wildman–Crippen LogP) is 3.07. The number of aryl methyl sites for hydroxylation is 1. The van der Waals surface area contributed by atoms with E-state index in [2.05, 4.69) is 4.98 Å². The molecule has 0 fully saturated rings. The van der Waals surface area contributed by atoms with Gasteiger partial charge in [0.15, 0.2) is 6.61 Å². The van der Waals surface area contributed by atoms with E-state index in [0.717, 1.165) is 22.7 Å². The number of fused-ring (bicyclic) bond motifs is 1. The van der Waals surface area contributed by atoms with Crippen molar-refractivity contribution in [3.63, 3.8) is 0 Å². The lowest BCUT2D eigenvalue weighted by Gasteiger charge is -2.21. The Kier molecular flexibility index (Phi) is 4.79. The second kappa shape index (κ2) is 7.17. The maximum Gasteiger partial charge on any atom is 0.260 e. The number of hydrogen-bond acceptors (Lipinski definition) is 3. The van der Waals surface area contributed by atoms with Crippen molar-refractivity contribution in [3.05, 3.63) is 66.1 Å². The molecule has 0 N–H and O–H groups in total. The summed E-state index contributed by atoms with van der Waals surface area (Å²) in [4.78, 5) is 18.6. The normalized spacial score (nSPS) is 10.8. The van der Waals surface area contributed by atoms with Crippen LogP contribution >= 0.6 is 0 Å². The molecule has 124 valence electrons. The number of hydrogen-bond donors (Lipinski definition) is 0. The highest BCUT2D eigenvalue weighted by atomic mass is 16.5. The molecule has 0 aliphatic rings. The molecule has 2 aromatic heterocycles. The molecular formula is C19H21N3O2. The number of carbonyl (C=O) groups is 1. The lowest BCUT2D eigenvalue weighted by Crippen LogP contribution is -2.34. The molecule has 5 heteroatoms. The highest BCUT2D eigenvalue weighted by molar-refractivity contribution is 5.77. The number of amides is 1. The largest absolute Gasteiger partial charge is 0.484 e. The summed E-state index contributed by atoms with van der Waals surface area (Å²) >= 11 is 0. The van der Waals surface area contributed by atoms with Gasteiger partial charge in [-0.25, -0.2) is 4.98 Å². The van der Waals surface area contributed by atoms with E-state index in [0.29, 0.717) is 13.1 Å². The second-order valence-corrected chi connectivity index (χ2v) is 5.64. The van der Waals surface area contributed by atoms with E-state index >= 15 is 0 Å². The molecule has 5 nitrogen and oxygen atoms in total. The first-order valence-electron chi connectivity index (χ1n) is 8.06. The van der Waals surface area contributed by atoms with Crippen LogP contribution in [0, 0.1) is 6.92 Å². The van der Waals surface area contributed by atoms with Crippen molar-refractivity contribution >= 4 is 11.6 Å². The van der Waals surface area contributed by atoms with Crippen molar-refractivity contribution in [2.75, 3.05) is 13.2 Å². The van der Waals surface area contributed by atoms with Gasteiger partial charge in [-0.05, 0) is 37.6 Å². The molecule has 0 saturated heterocycles. The zero-order valence-corrected chi connectivity index (χ0v) is 14.0. The van der Waals surface area contributed by atoms with E-state index in [1.54, 1.807) is 4.90 Å². The molecule has 3 aromatic rings. The van der Waals surface area contributed by atoms with E-state index < -0.39 is 0 Å².